The van der Waals surface area contributed by atoms with Gasteiger partial charge in [0.2, 0.25) is 10.0 Å². The first kappa shape index (κ1) is 13.8. The minimum absolute atomic E-state index is 0.426. The molecular formula is C9H13FN2O4S. The lowest BCUT2D eigenvalue weighted by atomic mass is 10.3. The fraction of sp³-hybridized carbons (Fsp3) is 0.333. The summed E-state index contributed by atoms with van der Waals surface area (Å²) in [6, 6.07) is 2.31. The highest BCUT2D eigenvalue weighted by Crippen LogP contribution is 2.20. The highest BCUT2D eigenvalue weighted by Gasteiger charge is 2.22. The average Bonchev–Trinajstić information content (AvgIpc) is 2.29. The monoisotopic (exact) mass is 264 g/mol. The van der Waals surface area contributed by atoms with E-state index in [1.807, 2.05) is 4.72 Å². The summed E-state index contributed by atoms with van der Waals surface area (Å²) in [5.41, 5.74) is 4.80. The van der Waals surface area contributed by atoms with Crippen molar-refractivity contribution in [2.45, 2.75) is 10.9 Å². The molecule has 0 radical (unpaired) electrons. The minimum Gasteiger partial charge on any atom is -0.395 e. The Morgan fingerprint density at radius 2 is 1.94 bits per heavy atom. The molecule has 96 valence electrons. The van der Waals surface area contributed by atoms with E-state index in [0.717, 1.165) is 12.1 Å². The molecule has 0 saturated heterocycles. The van der Waals surface area contributed by atoms with E-state index in [2.05, 4.69) is 0 Å². The van der Waals surface area contributed by atoms with Crippen LogP contribution < -0.4 is 10.5 Å². The van der Waals surface area contributed by atoms with Crippen molar-refractivity contribution in [1.29, 1.82) is 0 Å². The normalized spacial score (nSPS) is 12.0. The first-order valence-corrected chi connectivity index (χ1v) is 6.18. The molecule has 0 aliphatic carbocycles. The molecule has 0 aliphatic rings. The van der Waals surface area contributed by atoms with Gasteiger partial charge in [0.25, 0.3) is 0 Å². The lowest BCUT2D eigenvalue weighted by Crippen LogP contribution is -2.40. The second kappa shape index (κ2) is 5.41. The SMILES string of the molecule is Nc1c(F)cccc1S(=O)(=O)NC(CO)CO. The molecule has 0 spiro atoms. The van der Waals surface area contributed by atoms with E-state index in [4.69, 9.17) is 15.9 Å². The van der Waals surface area contributed by atoms with E-state index >= 15 is 0 Å². The second-order valence-electron chi connectivity index (χ2n) is 3.34. The lowest BCUT2D eigenvalue weighted by molar-refractivity contribution is 0.185. The highest BCUT2D eigenvalue weighted by molar-refractivity contribution is 7.89. The number of nitrogens with two attached hydrogens (primary N) is 1. The number of aliphatic hydroxyl groups excluding tert-OH is 2. The smallest absolute Gasteiger partial charge is 0.243 e. The largest absolute Gasteiger partial charge is 0.395 e. The van der Waals surface area contributed by atoms with Crippen LogP contribution in [0.3, 0.4) is 0 Å². The molecule has 0 saturated carbocycles. The van der Waals surface area contributed by atoms with Crippen molar-refractivity contribution in [1.82, 2.24) is 4.72 Å². The van der Waals surface area contributed by atoms with Crippen molar-refractivity contribution in [3.8, 4) is 0 Å². The first-order chi connectivity index (χ1) is 7.92. The van der Waals surface area contributed by atoms with Crippen molar-refractivity contribution >= 4 is 15.7 Å². The molecule has 8 heteroatoms. The summed E-state index contributed by atoms with van der Waals surface area (Å²) in [7, 11) is -4.07. The van der Waals surface area contributed by atoms with Crippen LogP contribution in [0.2, 0.25) is 0 Å². The van der Waals surface area contributed by atoms with Gasteiger partial charge in [0, 0.05) is 0 Å². The summed E-state index contributed by atoms with van der Waals surface area (Å²) in [6.07, 6.45) is 0. The zero-order chi connectivity index (χ0) is 13.1. The molecule has 0 fully saturated rings. The van der Waals surface area contributed by atoms with Crippen molar-refractivity contribution in [2.75, 3.05) is 18.9 Å². The summed E-state index contributed by atoms with van der Waals surface area (Å²) in [6.45, 7) is -1.16. The van der Waals surface area contributed by atoms with Gasteiger partial charge in [-0.15, -0.1) is 0 Å². The summed E-state index contributed by atoms with van der Waals surface area (Å²) >= 11 is 0. The molecule has 0 bridgehead atoms. The summed E-state index contributed by atoms with van der Waals surface area (Å²) in [5, 5.41) is 17.5. The third-order valence-corrected chi connectivity index (χ3v) is 3.64. The Kier molecular flexibility index (Phi) is 4.40. The number of para-hydroxylation sites is 1. The number of benzene rings is 1. The summed E-state index contributed by atoms with van der Waals surface area (Å²) in [4.78, 5) is -0.426. The van der Waals surface area contributed by atoms with Crippen LogP contribution in [0.15, 0.2) is 23.1 Å². The summed E-state index contributed by atoms with van der Waals surface area (Å²) in [5.74, 6) is -0.850. The van der Waals surface area contributed by atoms with Gasteiger partial charge < -0.3 is 15.9 Å². The maximum atomic E-state index is 13.1. The minimum atomic E-state index is -4.07. The van der Waals surface area contributed by atoms with Crippen LogP contribution in [0.4, 0.5) is 10.1 Å². The molecule has 0 amide bonds. The Balaban J connectivity index is 3.09. The van der Waals surface area contributed by atoms with E-state index in [1.165, 1.54) is 6.07 Å². The third-order valence-electron chi connectivity index (χ3n) is 2.07. The van der Waals surface area contributed by atoms with Gasteiger partial charge >= 0.3 is 0 Å². The molecule has 1 aromatic rings. The Hall–Kier alpha value is -1.22. The number of sulfonamides is 1. The standard InChI is InChI=1S/C9H13FN2O4S/c10-7-2-1-3-8(9(7)11)17(15,16)12-6(4-13)5-14/h1-3,6,12-14H,4-5,11H2. The Bertz CT molecular complexity index is 488. The van der Waals surface area contributed by atoms with Crippen LogP contribution >= 0.6 is 0 Å². The van der Waals surface area contributed by atoms with E-state index in [1.54, 1.807) is 0 Å². The number of nitrogen functional groups attached to an aromatic ring is 1. The number of hydrogen-bond donors (Lipinski definition) is 4. The summed E-state index contributed by atoms with van der Waals surface area (Å²) < 4.78 is 38.6. The topological polar surface area (TPSA) is 113 Å². The highest BCUT2D eigenvalue weighted by atomic mass is 32.2. The molecule has 0 heterocycles. The van der Waals surface area contributed by atoms with E-state index in [-0.39, 0.29) is 0 Å². The molecule has 6 nitrogen and oxygen atoms in total. The van der Waals surface area contributed by atoms with Crippen LogP contribution in [0.5, 0.6) is 0 Å². The molecule has 0 atom stereocenters. The van der Waals surface area contributed by atoms with Crippen LogP contribution in [0.1, 0.15) is 0 Å². The van der Waals surface area contributed by atoms with Gasteiger partial charge in [0.05, 0.1) is 24.9 Å². The fourth-order valence-corrected chi connectivity index (χ4v) is 2.53. The number of halogens is 1. The number of hydrogen-bond acceptors (Lipinski definition) is 5. The number of rotatable bonds is 5. The van der Waals surface area contributed by atoms with Gasteiger partial charge in [-0.25, -0.2) is 17.5 Å². The zero-order valence-corrected chi connectivity index (χ0v) is 9.61. The van der Waals surface area contributed by atoms with Crippen molar-refractivity contribution < 1.29 is 23.0 Å². The lowest BCUT2D eigenvalue weighted by Gasteiger charge is -2.14. The van der Waals surface area contributed by atoms with Gasteiger partial charge in [0.1, 0.15) is 10.7 Å². The Morgan fingerprint density at radius 3 is 2.47 bits per heavy atom. The quantitative estimate of drug-likeness (QED) is 0.512. The zero-order valence-electron chi connectivity index (χ0n) is 8.80. The molecule has 1 rings (SSSR count). The fourth-order valence-electron chi connectivity index (χ4n) is 1.17. The maximum Gasteiger partial charge on any atom is 0.243 e. The van der Waals surface area contributed by atoms with E-state index in [0.29, 0.717) is 0 Å². The van der Waals surface area contributed by atoms with Crippen molar-refractivity contribution in [3.05, 3.63) is 24.0 Å². The molecular weight excluding hydrogens is 251 g/mol. The first-order valence-electron chi connectivity index (χ1n) is 4.70. The van der Waals surface area contributed by atoms with Crippen LogP contribution in [-0.4, -0.2) is 37.9 Å². The van der Waals surface area contributed by atoms with Crippen molar-refractivity contribution in [3.63, 3.8) is 0 Å². The number of nitrogens with one attached hydrogen (secondary N) is 1. The van der Waals surface area contributed by atoms with Gasteiger partial charge in [0.15, 0.2) is 0 Å². The second-order valence-corrected chi connectivity index (χ2v) is 5.02. The predicted molar refractivity (Wildman–Crippen MR) is 59.1 cm³/mol. The van der Waals surface area contributed by atoms with Crippen LogP contribution in [0, 0.1) is 5.82 Å². The number of aliphatic hydroxyl groups is 2. The van der Waals surface area contributed by atoms with Gasteiger partial charge in [-0.2, -0.15) is 0 Å². The van der Waals surface area contributed by atoms with Crippen LogP contribution in [0.25, 0.3) is 0 Å². The maximum absolute atomic E-state index is 13.1. The molecule has 0 aliphatic heterocycles. The average molecular weight is 264 g/mol. The molecule has 5 N–H and O–H groups in total. The van der Waals surface area contributed by atoms with Crippen molar-refractivity contribution in [2.24, 2.45) is 0 Å². The third kappa shape index (κ3) is 3.13. The predicted octanol–water partition coefficient (Wildman–Crippen LogP) is -0.961. The van der Waals surface area contributed by atoms with Gasteiger partial charge in [-0.05, 0) is 12.1 Å². The molecule has 0 unspecified atom stereocenters. The molecule has 1 aromatic carbocycles. The number of anilines is 1. The van der Waals surface area contributed by atoms with Crippen LogP contribution in [-0.2, 0) is 10.0 Å². The van der Waals surface area contributed by atoms with Gasteiger partial charge in [-0.1, -0.05) is 6.07 Å². The van der Waals surface area contributed by atoms with E-state index in [9.17, 15) is 12.8 Å². The molecule has 17 heavy (non-hydrogen) atoms. The Labute approximate surface area is 97.9 Å². The van der Waals surface area contributed by atoms with E-state index < -0.39 is 45.7 Å². The van der Waals surface area contributed by atoms with Gasteiger partial charge in [-0.3, -0.25) is 0 Å². The Morgan fingerprint density at radius 1 is 1.35 bits per heavy atom. The molecule has 0 aromatic heterocycles.